The Morgan fingerprint density at radius 2 is 2.15 bits per heavy atom. The average molecular weight is 276 g/mol. The van der Waals surface area contributed by atoms with E-state index in [0.717, 1.165) is 42.7 Å². The lowest BCUT2D eigenvalue weighted by Crippen LogP contribution is -2.46. The van der Waals surface area contributed by atoms with E-state index in [1.54, 1.807) is 12.1 Å². The van der Waals surface area contributed by atoms with Gasteiger partial charge < -0.3 is 9.84 Å². The quantitative estimate of drug-likeness (QED) is 0.739. The largest absolute Gasteiger partial charge is 0.504 e. The molecule has 1 saturated carbocycles. The van der Waals surface area contributed by atoms with E-state index in [0.29, 0.717) is 17.9 Å². The lowest BCUT2D eigenvalue weighted by molar-refractivity contribution is -0.138. The molecule has 0 radical (unpaired) electrons. The minimum Gasteiger partial charge on any atom is -0.504 e. The van der Waals surface area contributed by atoms with Crippen LogP contribution >= 0.6 is 0 Å². The summed E-state index contributed by atoms with van der Waals surface area (Å²) >= 11 is 0. The number of benzene rings is 1. The van der Waals surface area contributed by atoms with Crippen molar-refractivity contribution < 1.29 is 15.1 Å². The first-order chi connectivity index (χ1) is 9.62. The van der Waals surface area contributed by atoms with Gasteiger partial charge in [0.15, 0.2) is 17.3 Å². The van der Waals surface area contributed by atoms with Crippen LogP contribution in [0.2, 0.25) is 0 Å². The molecule has 1 aromatic rings. The van der Waals surface area contributed by atoms with Crippen LogP contribution in [0.1, 0.15) is 50.2 Å². The van der Waals surface area contributed by atoms with E-state index in [2.05, 4.69) is 6.92 Å². The van der Waals surface area contributed by atoms with Crippen molar-refractivity contribution in [2.45, 2.75) is 44.6 Å². The number of ether oxygens (including phenoxy) is 1. The first-order valence-corrected chi connectivity index (χ1v) is 7.19. The van der Waals surface area contributed by atoms with Gasteiger partial charge in [-0.1, -0.05) is 19.4 Å². The maximum atomic E-state index is 10.2. The number of hydrogen-bond donors (Lipinski definition) is 3. The number of rotatable bonds is 4. The Hall–Kier alpha value is -1.75. The number of fused-ring (bicyclic) bond motifs is 2. The molecule has 108 valence electrons. The van der Waals surface area contributed by atoms with Gasteiger partial charge in [0.1, 0.15) is 0 Å². The molecule has 3 rings (SSSR count). The highest BCUT2D eigenvalue weighted by Crippen LogP contribution is 2.54. The Labute approximate surface area is 118 Å². The van der Waals surface area contributed by atoms with Gasteiger partial charge in [-0.3, -0.25) is 10.6 Å². The molecule has 2 aliphatic rings. The maximum Gasteiger partial charge on any atom is 0.172 e. The molecule has 1 spiro atoms. The van der Waals surface area contributed by atoms with Crippen molar-refractivity contribution in [3.8, 4) is 11.5 Å². The van der Waals surface area contributed by atoms with Gasteiger partial charge in [0, 0.05) is 0 Å². The lowest BCUT2D eigenvalue weighted by atomic mass is 9.72. The number of nitrogens with one attached hydrogen (secondary N) is 1. The number of hydroxylamine groups is 2. The first kappa shape index (κ1) is 13.2. The van der Waals surface area contributed by atoms with Crippen LogP contribution in [0.4, 0.5) is 0 Å². The summed E-state index contributed by atoms with van der Waals surface area (Å²) in [6.45, 7) is 2.58. The van der Waals surface area contributed by atoms with Gasteiger partial charge in [0.2, 0.25) is 0 Å². The molecule has 5 nitrogen and oxygen atoms in total. The van der Waals surface area contributed by atoms with Gasteiger partial charge in [-0.05, 0) is 37.3 Å². The zero-order chi connectivity index (χ0) is 14.3. The molecule has 20 heavy (non-hydrogen) atoms. The van der Waals surface area contributed by atoms with E-state index in [4.69, 9.17) is 10.1 Å². The molecule has 0 aromatic heterocycles. The molecule has 0 atom stereocenters. The van der Waals surface area contributed by atoms with Crippen LogP contribution in [-0.2, 0) is 5.54 Å². The number of nitrogens with zero attached hydrogens (tertiary/aromatic N) is 1. The van der Waals surface area contributed by atoms with Crippen LogP contribution in [0.25, 0.3) is 0 Å². The third-order valence-corrected chi connectivity index (χ3v) is 4.42. The number of hydrogen-bond acceptors (Lipinski definition) is 4. The van der Waals surface area contributed by atoms with Crippen molar-refractivity contribution in [1.82, 2.24) is 5.06 Å². The number of aromatic hydroxyl groups is 1. The third kappa shape index (κ3) is 1.62. The average Bonchev–Trinajstić information content (AvgIpc) is 2.62. The molecule has 1 aliphatic carbocycles. The predicted octanol–water partition coefficient (Wildman–Crippen LogP) is 2.98. The summed E-state index contributed by atoms with van der Waals surface area (Å²) in [7, 11) is 0. The minimum atomic E-state index is -0.469. The Morgan fingerprint density at radius 3 is 2.75 bits per heavy atom. The van der Waals surface area contributed by atoms with E-state index < -0.39 is 5.54 Å². The number of phenols is 1. The zero-order valence-corrected chi connectivity index (χ0v) is 11.6. The molecule has 1 aromatic carbocycles. The van der Waals surface area contributed by atoms with Gasteiger partial charge in [0.05, 0.1) is 17.7 Å². The SMILES string of the molecule is CCCCOc1c(O)ccc2c1C(=N)N(O)C21CCC1. The number of unbranched alkanes of at least 4 members (excludes halogenated alkanes) is 1. The molecule has 0 saturated heterocycles. The van der Waals surface area contributed by atoms with E-state index >= 15 is 0 Å². The molecular weight excluding hydrogens is 256 g/mol. The van der Waals surface area contributed by atoms with Gasteiger partial charge in [-0.15, -0.1) is 0 Å². The lowest BCUT2D eigenvalue weighted by Gasteiger charge is -2.43. The van der Waals surface area contributed by atoms with Crippen LogP contribution in [0.5, 0.6) is 11.5 Å². The molecule has 0 unspecified atom stereocenters. The van der Waals surface area contributed by atoms with Crippen molar-refractivity contribution in [3.63, 3.8) is 0 Å². The summed E-state index contributed by atoms with van der Waals surface area (Å²) in [5.41, 5.74) is 0.979. The standard InChI is InChI=1S/C15H20N2O3/c1-2-3-9-20-13-11(18)6-5-10-12(13)14(16)17(19)15(10)7-4-8-15/h5-6,16,18-19H,2-4,7-9H2,1H3. The van der Waals surface area contributed by atoms with Crippen molar-refractivity contribution >= 4 is 5.84 Å². The van der Waals surface area contributed by atoms with Gasteiger partial charge in [-0.25, -0.2) is 5.06 Å². The molecule has 1 aliphatic heterocycles. The number of amidine groups is 1. The van der Waals surface area contributed by atoms with Crippen molar-refractivity contribution in [2.24, 2.45) is 0 Å². The van der Waals surface area contributed by atoms with E-state index in [-0.39, 0.29) is 11.6 Å². The maximum absolute atomic E-state index is 10.2. The fraction of sp³-hybridized carbons (Fsp3) is 0.533. The summed E-state index contributed by atoms with van der Waals surface area (Å²) in [6, 6.07) is 3.41. The fourth-order valence-corrected chi connectivity index (χ4v) is 3.09. The van der Waals surface area contributed by atoms with E-state index in [9.17, 15) is 10.3 Å². The zero-order valence-electron chi connectivity index (χ0n) is 11.6. The monoisotopic (exact) mass is 276 g/mol. The van der Waals surface area contributed by atoms with Crippen LogP contribution in [-0.4, -0.2) is 27.8 Å². The third-order valence-electron chi connectivity index (χ3n) is 4.42. The summed E-state index contributed by atoms with van der Waals surface area (Å²) in [5.74, 6) is 0.403. The Bertz CT molecular complexity index is 552. The normalized spacial score (nSPS) is 19.1. The molecule has 3 N–H and O–H groups in total. The first-order valence-electron chi connectivity index (χ1n) is 7.19. The smallest absolute Gasteiger partial charge is 0.172 e. The molecule has 1 fully saturated rings. The van der Waals surface area contributed by atoms with Gasteiger partial charge in [-0.2, -0.15) is 0 Å². The van der Waals surface area contributed by atoms with Crippen molar-refractivity contribution in [1.29, 1.82) is 5.41 Å². The molecule has 5 heteroatoms. The minimum absolute atomic E-state index is 0.0297. The van der Waals surface area contributed by atoms with Gasteiger partial charge >= 0.3 is 0 Å². The Kier molecular flexibility index (Phi) is 3.09. The van der Waals surface area contributed by atoms with E-state index in [1.807, 2.05) is 0 Å². The number of phenolic OH excluding ortho intramolecular Hbond substituents is 1. The van der Waals surface area contributed by atoms with Crippen LogP contribution in [0, 0.1) is 5.41 Å². The summed E-state index contributed by atoms with van der Waals surface area (Å²) in [6.07, 6.45) is 4.60. The summed E-state index contributed by atoms with van der Waals surface area (Å²) in [5, 5.41) is 29.4. The van der Waals surface area contributed by atoms with Crippen LogP contribution in [0.3, 0.4) is 0 Å². The highest BCUT2D eigenvalue weighted by atomic mass is 16.5. The molecular formula is C15H20N2O3. The van der Waals surface area contributed by atoms with Crippen molar-refractivity contribution in [2.75, 3.05) is 6.61 Å². The summed E-state index contributed by atoms with van der Waals surface area (Å²) in [4.78, 5) is 0. The van der Waals surface area contributed by atoms with Crippen LogP contribution in [0.15, 0.2) is 12.1 Å². The van der Waals surface area contributed by atoms with Crippen molar-refractivity contribution in [3.05, 3.63) is 23.3 Å². The second kappa shape index (κ2) is 4.66. The highest BCUT2D eigenvalue weighted by Gasteiger charge is 2.53. The van der Waals surface area contributed by atoms with E-state index in [1.165, 1.54) is 0 Å². The van der Waals surface area contributed by atoms with Gasteiger partial charge in [0.25, 0.3) is 0 Å². The fourth-order valence-electron chi connectivity index (χ4n) is 3.09. The second-order valence-corrected chi connectivity index (χ2v) is 5.58. The van der Waals surface area contributed by atoms with Crippen LogP contribution < -0.4 is 4.74 Å². The highest BCUT2D eigenvalue weighted by molar-refractivity contribution is 6.04. The summed E-state index contributed by atoms with van der Waals surface area (Å²) < 4.78 is 5.67. The molecule has 0 bridgehead atoms. The molecule has 0 amide bonds. The predicted molar refractivity (Wildman–Crippen MR) is 74.5 cm³/mol. The second-order valence-electron chi connectivity index (χ2n) is 5.58. The Morgan fingerprint density at radius 1 is 1.40 bits per heavy atom. The molecule has 1 heterocycles. The topological polar surface area (TPSA) is 76.8 Å². The Balaban J connectivity index is 2.03.